The molecule has 1 saturated heterocycles. The zero-order valence-corrected chi connectivity index (χ0v) is 29.1. The van der Waals surface area contributed by atoms with Gasteiger partial charge in [-0.3, -0.25) is 24.0 Å². The van der Waals surface area contributed by atoms with Crippen molar-refractivity contribution in [1.82, 2.24) is 10.2 Å². The van der Waals surface area contributed by atoms with Crippen LogP contribution in [0.5, 0.6) is 0 Å². The van der Waals surface area contributed by atoms with Crippen LogP contribution < -0.4 is 5.32 Å². The van der Waals surface area contributed by atoms with Gasteiger partial charge in [-0.15, -0.1) is 0 Å². The summed E-state index contributed by atoms with van der Waals surface area (Å²) in [7, 11) is 0. The maximum Gasteiger partial charge on any atom is 0.246 e. The van der Waals surface area contributed by atoms with E-state index in [0.29, 0.717) is 30.5 Å². The van der Waals surface area contributed by atoms with Gasteiger partial charge in [0, 0.05) is 43.6 Å². The lowest BCUT2D eigenvalue weighted by Crippen LogP contribution is -2.57. The first-order chi connectivity index (χ1) is 22.2. The highest BCUT2D eigenvalue weighted by molar-refractivity contribution is 6.38. The number of likely N-dealkylation sites (tertiary alicyclic amines) is 1. The molecule has 0 unspecified atom stereocenters. The average molecular weight is 674 g/mol. The summed E-state index contributed by atoms with van der Waals surface area (Å²) in [5.74, 6) is -3.08. The maximum atomic E-state index is 14.5. The maximum absolute atomic E-state index is 14.5. The van der Waals surface area contributed by atoms with Crippen LogP contribution >= 0.6 is 11.6 Å². The number of amides is 2. The van der Waals surface area contributed by atoms with Gasteiger partial charge >= 0.3 is 0 Å². The number of hydrogen-bond acceptors (Lipinski definition) is 7. The van der Waals surface area contributed by atoms with Crippen LogP contribution in [0.3, 0.4) is 0 Å². The summed E-state index contributed by atoms with van der Waals surface area (Å²) in [6.45, 7) is 9.14. The van der Waals surface area contributed by atoms with Crippen LogP contribution in [0.1, 0.15) is 117 Å². The second-order valence-corrected chi connectivity index (χ2v) is 15.1. The summed E-state index contributed by atoms with van der Waals surface area (Å²) >= 11 is 6.03. The van der Waals surface area contributed by atoms with Crippen LogP contribution in [0.2, 0.25) is 5.02 Å². The Morgan fingerprint density at radius 3 is 2.45 bits per heavy atom. The summed E-state index contributed by atoms with van der Waals surface area (Å²) in [6, 6.07) is 2.37. The molecule has 2 heterocycles. The van der Waals surface area contributed by atoms with Gasteiger partial charge in [-0.1, -0.05) is 83.1 Å². The molecule has 4 atom stereocenters. The molecule has 11 heteroatoms. The van der Waals surface area contributed by atoms with Crippen LogP contribution in [0.25, 0.3) is 0 Å². The third-order valence-electron chi connectivity index (χ3n) is 9.82. The van der Waals surface area contributed by atoms with Gasteiger partial charge in [0.1, 0.15) is 11.9 Å². The molecule has 0 radical (unpaired) electrons. The fraction of sp³-hybridized carbons (Fsp3) is 0.667. The Labute approximate surface area is 282 Å². The molecule has 1 aromatic rings. The first kappa shape index (κ1) is 36.7. The van der Waals surface area contributed by atoms with E-state index in [0.717, 1.165) is 25.7 Å². The fourth-order valence-corrected chi connectivity index (χ4v) is 7.34. The zero-order valence-electron chi connectivity index (χ0n) is 28.3. The van der Waals surface area contributed by atoms with Crippen LogP contribution in [-0.4, -0.2) is 64.0 Å². The molecule has 1 aliphatic carbocycles. The number of oxime groups is 1. The molecular weight excluding hydrogens is 625 g/mol. The molecule has 2 amide bonds. The van der Waals surface area contributed by atoms with Gasteiger partial charge in [-0.25, -0.2) is 4.39 Å². The topological polar surface area (TPSA) is 122 Å². The number of Topliss-reactive ketones (excluding diaryl/α,β-unsaturated/α-hetero) is 3. The van der Waals surface area contributed by atoms with Crippen LogP contribution in [0.4, 0.5) is 4.39 Å². The Morgan fingerprint density at radius 2 is 1.83 bits per heavy atom. The molecular formula is C36H49ClFN3O6. The quantitative estimate of drug-likeness (QED) is 0.243. The molecule has 1 aromatic carbocycles. The van der Waals surface area contributed by atoms with Crippen molar-refractivity contribution in [2.45, 2.75) is 129 Å². The van der Waals surface area contributed by atoms with Gasteiger partial charge in [0.05, 0.1) is 23.3 Å². The third-order valence-corrected chi connectivity index (χ3v) is 10.1. The van der Waals surface area contributed by atoms with E-state index in [1.165, 1.54) is 23.5 Å². The van der Waals surface area contributed by atoms with Crippen molar-refractivity contribution in [2.24, 2.45) is 22.4 Å². The number of ketones is 3. The second-order valence-electron chi connectivity index (χ2n) is 14.7. The van der Waals surface area contributed by atoms with Gasteiger partial charge in [0.15, 0.2) is 17.2 Å². The van der Waals surface area contributed by atoms with Crippen molar-refractivity contribution < 1.29 is 33.2 Å². The predicted octanol–water partition coefficient (Wildman–Crippen LogP) is 6.37. The van der Waals surface area contributed by atoms with E-state index in [-0.39, 0.29) is 54.9 Å². The number of benzene rings is 1. The molecule has 4 rings (SSSR count). The zero-order chi connectivity index (χ0) is 34.5. The normalized spacial score (nSPS) is 22.8. The molecule has 1 saturated carbocycles. The highest BCUT2D eigenvalue weighted by atomic mass is 35.5. The molecule has 47 heavy (non-hydrogen) atoms. The number of carbonyl (C=O) groups is 5. The number of halogens is 2. The van der Waals surface area contributed by atoms with Gasteiger partial charge in [-0.2, -0.15) is 0 Å². The summed E-state index contributed by atoms with van der Waals surface area (Å²) < 4.78 is 13.9. The van der Waals surface area contributed by atoms with E-state index in [1.807, 2.05) is 27.7 Å². The van der Waals surface area contributed by atoms with E-state index in [1.54, 1.807) is 13.0 Å². The second kappa shape index (κ2) is 15.4. The SMILES string of the molecule is CCC[C@H](CC(=O)[C@@H]1C[C@]2(CC(c3ccc(F)c(Cl)c3)=NO2)CN1C(=O)[C@@H](NC(=O)CC1CCCCC1)C(C)(C)C)C(=O)C(=O)CC. The molecule has 0 aromatic heterocycles. The summed E-state index contributed by atoms with van der Waals surface area (Å²) in [5, 5.41) is 7.22. The van der Waals surface area contributed by atoms with Gasteiger partial charge in [-0.05, 0) is 42.7 Å². The van der Waals surface area contributed by atoms with Crippen molar-refractivity contribution in [1.29, 1.82) is 0 Å². The number of nitrogens with one attached hydrogen (secondary N) is 1. The van der Waals surface area contributed by atoms with Gasteiger partial charge < -0.3 is 15.1 Å². The number of rotatable bonds is 13. The van der Waals surface area contributed by atoms with E-state index < -0.39 is 52.3 Å². The minimum absolute atomic E-state index is 0.0233. The lowest BCUT2D eigenvalue weighted by atomic mass is 9.83. The molecule has 1 N–H and O–H groups in total. The largest absolute Gasteiger partial charge is 0.387 e. The first-order valence-electron chi connectivity index (χ1n) is 17.1. The molecule has 0 bridgehead atoms. The van der Waals surface area contributed by atoms with Crippen molar-refractivity contribution in [3.63, 3.8) is 0 Å². The van der Waals surface area contributed by atoms with Crippen molar-refractivity contribution in [2.75, 3.05) is 6.54 Å². The number of carbonyl (C=O) groups excluding carboxylic acids is 5. The number of hydrogen-bond donors (Lipinski definition) is 1. The summed E-state index contributed by atoms with van der Waals surface area (Å²) in [6.07, 6.45) is 6.90. The van der Waals surface area contributed by atoms with Gasteiger partial charge in [0.2, 0.25) is 17.6 Å². The molecule has 1 spiro atoms. The van der Waals surface area contributed by atoms with Crippen molar-refractivity contribution in [3.8, 4) is 0 Å². The first-order valence-corrected chi connectivity index (χ1v) is 17.5. The van der Waals surface area contributed by atoms with Crippen molar-refractivity contribution in [3.05, 3.63) is 34.6 Å². The monoisotopic (exact) mass is 673 g/mol. The lowest BCUT2D eigenvalue weighted by Gasteiger charge is -2.36. The molecule has 2 fully saturated rings. The van der Waals surface area contributed by atoms with Crippen molar-refractivity contribution >= 4 is 46.5 Å². The molecule has 9 nitrogen and oxygen atoms in total. The Bertz CT molecular complexity index is 1400. The molecule has 2 aliphatic heterocycles. The van der Waals surface area contributed by atoms with E-state index >= 15 is 0 Å². The number of nitrogens with zero attached hydrogens (tertiary/aromatic N) is 2. The fourth-order valence-electron chi connectivity index (χ4n) is 7.16. The van der Waals surface area contributed by atoms with Crippen LogP contribution in [0.15, 0.2) is 23.4 Å². The summed E-state index contributed by atoms with van der Waals surface area (Å²) in [5.41, 5.74) is -0.659. The minimum Gasteiger partial charge on any atom is -0.387 e. The van der Waals surface area contributed by atoms with Crippen LogP contribution in [0, 0.1) is 23.1 Å². The highest BCUT2D eigenvalue weighted by Gasteiger charge is 2.55. The van der Waals surface area contributed by atoms with E-state index in [9.17, 15) is 28.4 Å². The van der Waals surface area contributed by atoms with Gasteiger partial charge in [0.25, 0.3) is 0 Å². The third kappa shape index (κ3) is 8.86. The van der Waals surface area contributed by atoms with E-state index in [4.69, 9.17) is 16.4 Å². The Morgan fingerprint density at radius 1 is 1.13 bits per heavy atom. The smallest absolute Gasteiger partial charge is 0.246 e. The molecule has 3 aliphatic rings. The highest BCUT2D eigenvalue weighted by Crippen LogP contribution is 2.41. The summed E-state index contributed by atoms with van der Waals surface area (Å²) in [4.78, 5) is 74.6. The molecule has 258 valence electrons. The standard InChI is InChI=1S/C36H49ClFN3O6/c1-6-11-24(32(45)29(42)7-2)18-30(43)28-20-36(19-27(40-47-36)23-14-15-26(38)25(37)17-23)21-41(28)34(46)33(35(3,4)5)39-31(44)16-22-12-9-8-10-13-22/h14-15,17,22,24,28,33H,6-13,16,18-21H2,1-5H3,(H,39,44)/t24-,28+,33-,36-/m1/s1. The Balaban J connectivity index is 1.61. The predicted molar refractivity (Wildman–Crippen MR) is 177 cm³/mol. The Hall–Kier alpha value is -3.14. The average Bonchev–Trinajstić information content (AvgIpc) is 3.63. The Kier molecular flexibility index (Phi) is 12.0. The minimum atomic E-state index is -1.05. The van der Waals surface area contributed by atoms with E-state index in [2.05, 4.69) is 10.5 Å². The lowest BCUT2D eigenvalue weighted by molar-refractivity contribution is -0.145. The van der Waals surface area contributed by atoms with Crippen LogP contribution in [-0.2, 0) is 28.8 Å².